The fourth-order valence-corrected chi connectivity index (χ4v) is 3.83. The van der Waals surface area contributed by atoms with E-state index in [1.165, 1.54) is 31.2 Å². The van der Waals surface area contributed by atoms with Gasteiger partial charge in [-0.2, -0.15) is 13.2 Å². The third-order valence-corrected chi connectivity index (χ3v) is 5.97. The number of alkyl halides is 3. The SMILES string of the molecule is CC(OC(=O)c1ccc(S(=O)(=O)NC2CC2)cc1)C(=O)Nc1ccc(C(F)(F)F)cc1. The maximum atomic E-state index is 12.6. The van der Waals surface area contributed by atoms with Gasteiger partial charge in [0.1, 0.15) is 0 Å². The molecule has 1 atom stereocenters. The largest absolute Gasteiger partial charge is 0.449 e. The Bertz CT molecular complexity index is 1060. The number of hydrogen-bond acceptors (Lipinski definition) is 5. The van der Waals surface area contributed by atoms with E-state index in [2.05, 4.69) is 10.0 Å². The molecule has 1 aliphatic carbocycles. The number of sulfonamides is 1. The van der Waals surface area contributed by atoms with Crippen LogP contribution in [0, 0.1) is 0 Å². The van der Waals surface area contributed by atoms with Gasteiger partial charge in [0.2, 0.25) is 10.0 Å². The predicted octanol–water partition coefficient (Wildman–Crippen LogP) is 3.33. The monoisotopic (exact) mass is 456 g/mol. The van der Waals surface area contributed by atoms with Crippen molar-refractivity contribution in [1.29, 1.82) is 0 Å². The van der Waals surface area contributed by atoms with E-state index in [0.29, 0.717) is 0 Å². The van der Waals surface area contributed by atoms with Crippen molar-refractivity contribution >= 4 is 27.6 Å². The number of hydrogen-bond donors (Lipinski definition) is 2. The van der Waals surface area contributed by atoms with Gasteiger partial charge in [-0.1, -0.05) is 0 Å². The summed E-state index contributed by atoms with van der Waals surface area (Å²) in [5.41, 5.74) is -0.707. The number of rotatable bonds is 7. The van der Waals surface area contributed by atoms with Crippen LogP contribution in [-0.4, -0.2) is 32.4 Å². The summed E-state index contributed by atoms with van der Waals surface area (Å²) in [7, 11) is -3.66. The molecule has 11 heteroatoms. The highest BCUT2D eigenvalue weighted by Crippen LogP contribution is 2.29. The molecule has 3 rings (SSSR count). The van der Waals surface area contributed by atoms with Gasteiger partial charge in [0.15, 0.2) is 6.10 Å². The standard InChI is InChI=1S/C20H19F3N2O5S/c1-12(18(26)24-15-6-4-14(5-7-15)20(21,22)23)30-19(27)13-2-10-17(11-3-13)31(28,29)25-16-8-9-16/h2-7,10-12,16,25H,8-9H2,1H3,(H,24,26). The second kappa shape index (κ2) is 8.67. The molecule has 1 saturated carbocycles. The van der Waals surface area contributed by atoms with Gasteiger partial charge >= 0.3 is 12.1 Å². The van der Waals surface area contributed by atoms with Crippen molar-refractivity contribution in [3.05, 3.63) is 59.7 Å². The van der Waals surface area contributed by atoms with Gasteiger partial charge in [0.25, 0.3) is 5.91 Å². The molecule has 2 aromatic carbocycles. The Hall–Kier alpha value is -2.92. The summed E-state index contributed by atoms with van der Waals surface area (Å²) in [5.74, 6) is -1.59. The van der Waals surface area contributed by atoms with Crippen LogP contribution in [0.4, 0.5) is 18.9 Å². The molecule has 1 amide bonds. The van der Waals surface area contributed by atoms with E-state index in [4.69, 9.17) is 4.74 Å². The fraction of sp³-hybridized carbons (Fsp3) is 0.300. The normalized spacial score (nSPS) is 15.2. The van der Waals surface area contributed by atoms with E-state index in [9.17, 15) is 31.2 Å². The first-order valence-corrected chi connectivity index (χ1v) is 10.8. The average Bonchev–Trinajstić information content (AvgIpc) is 3.51. The Balaban J connectivity index is 1.57. The number of amides is 1. The fourth-order valence-electron chi connectivity index (χ4n) is 2.53. The first kappa shape index (κ1) is 22.8. The summed E-state index contributed by atoms with van der Waals surface area (Å²) in [6.07, 6.45) is -4.16. The van der Waals surface area contributed by atoms with Crippen molar-refractivity contribution in [1.82, 2.24) is 4.72 Å². The smallest absolute Gasteiger partial charge is 0.416 e. The van der Waals surface area contributed by atoms with Crippen molar-refractivity contribution < 1.29 is 35.9 Å². The third kappa shape index (κ3) is 6.05. The lowest BCUT2D eigenvalue weighted by Crippen LogP contribution is -2.30. The third-order valence-electron chi connectivity index (χ3n) is 4.43. The predicted molar refractivity (Wildman–Crippen MR) is 105 cm³/mol. The van der Waals surface area contributed by atoms with E-state index in [1.54, 1.807) is 0 Å². The van der Waals surface area contributed by atoms with Crippen molar-refractivity contribution in [3.8, 4) is 0 Å². The number of anilines is 1. The topological polar surface area (TPSA) is 102 Å². The van der Waals surface area contributed by atoms with Gasteiger partial charge in [-0.3, -0.25) is 4.79 Å². The lowest BCUT2D eigenvalue weighted by atomic mass is 10.2. The molecule has 0 aliphatic heterocycles. The minimum absolute atomic E-state index is 0.00375. The number of halogens is 3. The molecule has 7 nitrogen and oxygen atoms in total. The summed E-state index contributed by atoms with van der Waals surface area (Å²) in [6.45, 7) is 1.30. The molecule has 0 heterocycles. The first-order valence-electron chi connectivity index (χ1n) is 9.27. The van der Waals surface area contributed by atoms with Gasteiger partial charge in [0, 0.05) is 11.7 Å². The van der Waals surface area contributed by atoms with Crippen molar-refractivity contribution in [3.63, 3.8) is 0 Å². The highest BCUT2D eigenvalue weighted by atomic mass is 32.2. The van der Waals surface area contributed by atoms with Crippen LogP contribution in [0.2, 0.25) is 0 Å². The minimum Gasteiger partial charge on any atom is -0.449 e. The summed E-state index contributed by atoms with van der Waals surface area (Å²) < 4.78 is 69.6. The summed E-state index contributed by atoms with van der Waals surface area (Å²) >= 11 is 0. The van der Waals surface area contributed by atoms with Crippen LogP contribution in [0.15, 0.2) is 53.4 Å². The van der Waals surface area contributed by atoms with E-state index in [-0.39, 0.29) is 22.2 Å². The Morgan fingerprint density at radius 2 is 1.61 bits per heavy atom. The van der Waals surface area contributed by atoms with Crippen LogP contribution in [0.3, 0.4) is 0 Å². The average molecular weight is 456 g/mol. The maximum absolute atomic E-state index is 12.6. The summed E-state index contributed by atoms with van der Waals surface area (Å²) in [6, 6.07) is 8.81. The van der Waals surface area contributed by atoms with E-state index >= 15 is 0 Å². The lowest BCUT2D eigenvalue weighted by Gasteiger charge is -2.14. The minimum atomic E-state index is -4.49. The van der Waals surface area contributed by atoms with Crippen LogP contribution in [0.5, 0.6) is 0 Å². The second-order valence-electron chi connectivity index (χ2n) is 7.03. The van der Waals surface area contributed by atoms with Crippen LogP contribution < -0.4 is 10.0 Å². The van der Waals surface area contributed by atoms with Crippen molar-refractivity contribution in [2.24, 2.45) is 0 Å². The Morgan fingerprint density at radius 1 is 1.03 bits per heavy atom. The quantitative estimate of drug-likeness (QED) is 0.623. The van der Waals surface area contributed by atoms with Gasteiger partial charge in [-0.15, -0.1) is 0 Å². The summed E-state index contributed by atoms with van der Waals surface area (Å²) in [4.78, 5) is 24.4. The zero-order valence-electron chi connectivity index (χ0n) is 16.3. The molecule has 31 heavy (non-hydrogen) atoms. The van der Waals surface area contributed by atoms with Crippen LogP contribution in [-0.2, 0) is 25.7 Å². The van der Waals surface area contributed by atoms with Crippen LogP contribution >= 0.6 is 0 Å². The zero-order chi connectivity index (χ0) is 22.8. The molecule has 2 N–H and O–H groups in total. The van der Waals surface area contributed by atoms with Gasteiger partial charge in [-0.05, 0) is 68.3 Å². The van der Waals surface area contributed by atoms with Crippen molar-refractivity contribution in [2.75, 3.05) is 5.32 Å². The zero-order valence-corrected chi connectivity index (χ0v) is 17.1. The number of nitrogens with one attached hydrogen (secondary N) is 2. The number of carbonyl (C=O) groups excluding carboxylic acids is 2. The molecule has 0 saturated heterocycles. The number of benzene rings is 2. The lowest BCUT2D eigenvalue weighted by molar-refractivity contribution is -0.137. The first-order chi connectivity index (χ1) is 14.5. The van der Waals surface area contributed by atoms with E-state index in [1.807, 2.05) is 0 Å². The number of ether oxygens (including phenoxy) is 1. The summed E-state index contributed by atoms with van der Waals surface area (Å²) in [5, 5.41) is 2.36. The van der Waals surface area contributed by atoms with Gasteiger partial charge in [-0.25, -0.2) is 17.9 Å². The van der Waals surface area contributed by atoms with Gasteiger partial charge < -0.3 is 10.1 Å². The van der Waals surface area contributed by atoms with Crippen LogP contribution in [0.25, 0.3) is 0 Å². The molecule has 0 spiro atoms. The second-order valence-corrected chi connectivity index (χ2v) is 8.75. The van der Waals surface area contributed by atoms with Crippen LogP contribution in [0.1, 0.15) is 35.7 Å². The number of carbonyl (C=O) groups is 2. The Kier molecular flexibility index (Phi) is 6.37. The Labute approximate surface area is 176 Å². The molecule has 0 bridgehead atoms. The van der Waals surface area contributed by atoms with E-state index in [0.717, 1.165) is 37.1 Å². The maximum Gasteiger partial charge on any atom is 0.416 e. The van der Waals surface area contributed by atoms with Gasteiger partial charge in [0.05, 0.1) is 16.0 Å². The molecule has 166 valence electrons. The molecule has 2 aromatic rings. The van der Waals surface area contributed by atoms with Crippen molar-refractivity contribution in [2.45, 2.75) is 43.0 Å². The Morgan fingerprint density at radius 3 is 2.13 bits per heavy atom. The highest BCUT2D eigenvalue weighted by Gasteiger charge is 2.30. The molecule has 0 aromatic heterocycles. The van der Waals surface area contributed by atoms with E-state index < -0.39 is 39.7 Å². The molecule has 1 aliphatic rings. The molecule has 1 unspecified atom stereocenters. The number of esters is 1. The molecule has 0 radical (unpaired) electrons. The highest BCUT2D eigenvalue weighted by molar-refractivity contribution is 7.89. The molecule has 1 fully saturated rings. The molecular weight excluding hydrogens is 437 g/mol. The molecular formula is C20H19F3N2O5S.